The number of ether oxygens (including phenoxy) is 1. The summed E-state index contributed by atoms with van der Waals surface area (Å²) in [6.07, 6.45) is 4.44. The Bertz CT molecular complexity index is 948. The largest absolute Gasteiger partial charge is 0.492 e. The van der Waals surface area contributed by atoms with Crippen molar-refractivity contribution in [2.45, 2.75) is 31.8 Å². The summed E-state index contributed by atoms with van der Waals surface area (Å²) in [6.45, 7) is 1.95. The summed E-state index contributed by atoms with van der Waals surface area (Å²) >= 11 is 5.46. The van der Waals surface area contributed by atoms with Crippen LogP contribution in [0.5, 0.6) is 0 Å². The normalized spacial score (nSPS) is 21.9. The third-order valence-corrected chi connectivity index (χ3v) is 5.62. The molecule has 1 aliphatic heterocycles. The zero-order valence-electron chi connectivity index (χ0n) is 15.5. The van der Waals surface area contributed by atoms with Gasteiger partial charge in [-0.05, 0) is 24.2 Å². The molecule has 148 valence electrons. The number of aromatic amines is 1. The summed E-state index contributed by atoms with van der Waals surface area (Å²) in [5.41, 5.74) is 2.31. The molecule has 2 unspecified atom stereocenters. The summed E-state index contributed by atoms with van der Waals surface area (Å²) in [4.78, 5) is 3.11. The highest BCUT2D eigenvalue weighted by Crippen LogP contribution is 2.41. The second kappa shape index (κ2) is 8.41. The van der Waals surface area contributed by atoms with Gasteiger partial charge in [0.2, 0.25) is 0 Å². The third kappa shape index (κ3) is 4.10. The molecule has 4 nitrogen and oxygen atoms in total. The lowest BCUT2D eigenvalue weighted by molar-refractivity contribution is 0.0708. The van der Waals surface area contributed by atoms with E-state index in [9.17, 15) is 8.78 Å². The highest BCUT2D eigenvalue weighted by atomic mass is 32.1. The molecule has 2 aliphatic rings. The smallest absolute Gasteiger partial charge is 0.177 e. The minimum absolute atomic E-state index is 0.0321. The Morgan fingerprint density at radius 1 is 1.25 bits per heavy atom. The van der Waals surface area contributed by atoms with Crippen molar-refractivity contribution in [3.63, 3.8) is 0 Å². The number of nitrogens with one attached hydrogen (secondary N) is 2. The van der Waals surface area contributed by atoms with E-state index in [2.05, 4.69) is 22.4 Å². The first kappa shape index (κ1) is 19.1. The second-order valence-corrected chi connectivity index (χ2v) is 7.66. The van der Waals surface area contributed by atoms with Gasteiger partial charge in [0.1, 0.15) is 18.2 Å². The molecule has 0 bridgehead atoms. The number of nitrogens with zero attached hydrogens (tertiary/aromatic N) is 1. The van der Waals surface area contributed by atoms with Gasteiger partial charge >= 0.3 is 0 Å². The Balaban J connectivity index is 1.40. The van der Waals surface area contributed by atoms with Gasteiger partial charge in [-0.2, -0.15) is 0 Å². The first-order chi connectivity index (χ1) is 13.6. The van der Waals surface area contributed by atoms with Crippen LogP contribution in [0.3, 0.4) is 0 Å². The maximum Gasteiger partial charge on any atom is 0.177 e. The van der Waals surface area contributed by atoms with Crippen LogP contribution in [0, 0.1) is 10.7 Å². The van der Waals surface area contributed by atoms with Gasteiger partial charge in [-0.1, -0.05) is 30.3 Å². The molecular weight excluding hydrogens is 380 g/mol. The monoisotopic (exact) mass is 403 g/mol. The molecule has 0 amide bonds. The number of fused-ring (bicyclic) bond motifs is 1. The maximum absolute atomic E-state index is 13.9. The fourth-order valence-electron chi connectivity index (χ4n) is 3.98. The SMILES string of the molecule is FC1=CC(F)=C2OCC(n3c(CCNCc4ccccc4)c[nH]c3=S)CC2C1. The number of hydrogen-bond donors (Lipinski definition) is 2. The van der Waals surface area contributed by atoms with Gasteiger partial charge in [-0.15, -0.1) is 0 Å². The van der Waals surface area contributed by atoms with Gasteiger partial charge in [0.15, 0.2) is 10.6 Å². The molecule has 2 heterocycles. The highest BCUT2D eigenvalue weighted by Gasteiger charge is 2.34. The summed E-state index contributed by atoms with van der Waals surface area (Å²) in [6, 6.07) is 10.2. The van der Waals surface area contributed by atoms with Gasteiger partial charge in [0, 0.05) is 49.8 Å². The molecule has 28 heavy (non-hydrogen) atoms. The number of rotatable bonds is 6. The van der Waals surface area contributed by atoms with Crippen LogP contribution in [-0.2, 0) is 17.7 Å². The van der Waals surface area contributed by atoms with E-state index in [0.29, 0.717) is 17.8 Å². The maximum atomic E-state index is 13.9. The first-order valence-electron chi connectivity index (χ1n) is 9.54. The van der Waals surface area contributed by atoms with Crippen LogP contribution in [0.4, 0.5) is 8.78 Å². The van der Waals surface area contributed by atoms with E-state index >= 15 is 0 Å². The molecule has 0 saturated carbocycles. The minimum atomic E-state index is -0.588. The molecule has 0 radical (unpaired) electrons. The van der Waals surface area contributed by atoms with E-state index in [1.807, 2.05) is 29.0 Å². The van der Waals surface area contributed by atoms with Crippen molar-refractivity contribution in [1.82, 2.24) is 14.9 Å². The van der Waals surface area contributed by atoms with E-state index in [0.717, 1.165) is 31.3 Å². The minimum Gasteiger partial charge on any atom is -0.492 e. The van der Waals surface area contributed by atoms with E-state index in [1.165, 1.54) is 5.56 Å². The molecule has 2 atom stereocenters. The molecule has 1 aliphatic carbocycles. The van der Waals surface area contributed by atoms with Crippen molar-refractivity contribution < 1.29 is 13.5 Å². The molecule has 1 aromatic heterocycles. The molecule has 0 spiro atoms. The van der Waals surface area contributed by atoms with Gasteiger partial charge in [-0.3, -0.25) is 0 Å². The van der Waals surface area contributed by atoms with E-state index in [4.69, 9.17) is 17.0 Å². The quantitative estimate of drug-likeness (QED) is 0.533. The lowest BCUT2D eigenvalue weighted by atomic mass is 9.88. The Labute approximate surface area is 167 Å². The summed E-state index contributed by atoms with van der Waals surface area (Å²) in [5, 5.41) is 3.44. The van der Waals surface area contributed by atoms with Crippen molar-refractivity contribution >= 4 is 12.2 Å². The fraction of sp³-hybridized carbons (Fsp3) is 0.381. The number of allylic oxidation sites excluding steroid dienone is 4. The highest BCUT2D eigenvalue weighted by molar-refractivity contribution is 7.71. The number of hydrogen-bond acceptors (Lipinski definition) is 3. The van der Waals surface area contributed by atoms with Gasteiger partial charge in [0.25, 0.3) is 0 Å². The van der Waals surface area contributed by atoms with Crippen molar-refractivity contribution in [3.8, 4) is 0 Å². The summed E-state index contributed by atoms with van der Waals surface area (Å²) < 4.78 is 35.9. The molecule has 4 rings (SSSR count). The van der Waals surface area contributed by atoms with Crippen LogP contribution in [0.2, 0.25) is 0 Å². The Morgan fingerprint density at radius 3 is 2.89 bits per heavy atom. The molecule has 1 fully saturated rings. The van der Waals surface area contributed by atoms with Crippen LogP contribution in [0.15, 0.2) is 60.0 Å². The van der Waals surface area contributed by atoms with Crippen LogP contribution in [-0.4, -0.2) is 22.7 Å². The first-order valence-corrected chi connectivity index (χ1v) is 9.94. The van der Waals surface area contributed by atoms with E-state index in [-0.39, 0.29) is 24.1 Å². The predicted octanol–water partition coefficient (Wildman–Crippen LogP) is 4.89. The molecule has 1 saturated heterocycles. The zero-order chi connectivity index (χ0) is 19.5. The zero-order valence-corrected chi connectivity index (χ0v) is 16.3. The van der Waals surface area contributed by atoms with Crippen molar-refractivity contribution in [2.24, 2.45) is 5.92 Å². The summed E-state index contributed by atoms with van der Waals surface area (Å²) in [7, 11) is 0. The van der Waals surface area contributed by atoms with Gasteiger partial charge in [0.05, 0.1) is 6.04 Å². The Hall–Kier alpha value is -2.25. The molecule has 2 N–H and O–H groups in total. The topological polar surface area (TPSA) is 42.0 Å². The Morgan fingerprint density at radius 2 is 2.07 bits per heavy atom. The number of H-pyrrole nitrogens is 1. The Kier molecular flexibility index (Phi) is 5.73. The molecule has 1 aromatic carbocycles. The molecule has 7 heteroatoms. The van der Waals surface area contributed by atoms with E-state index < -0.39 is 11.7 Å². The van der Waals surface area contributed by atoms with Crippen LogP contribution in [0.25, 0.3) is 0 Å². The van der Waals surface area contributed by atoms with Gasteiger partial charge < -0.3 is 19.6 Å². The third-order valence-electron chi connectivity index (χ3n) is 5.30. The number of benzene rings is 1. The lowest BCUT2D eigenvalue weighted by Crippen LogP contribution is -2.30. The van der Waals surface area contributed by atoms with Crippen molar-refractivity contribution in [1.29, 1.82) is 0 Å². The lowest BCUT2D eigenvalue weighted by Gasteiger charge is -2.34. The summed E-state index contributed by atoms with van der Waals surface area (Å²) in [5.74, 6) is -1.01. The molecule has 2 aromatic rings. The number of halogens is 2. The van der Waals surface area contributed by atoms with Gasteiger partial charge in [-0.25, -0.2) is 8.78 Å². The predicted molar refractivity (Wildman–Crippen MR) is 107 cm³/mol. The molecular formula is C21H23F2N3OS. The second-order valence-electron chi connectivity index (χ2n) is 7.27. The fourth-order valence-corrected chi connectivity index (χ4v) is 4.31. The standard InChI is InChI=1S/C21H23F2N3OS/c22-16-8-15-9-18(13-27-20(15)19(23)10-16)26-17(12-25-21(26)28)6-7-24-11-14-4-2-1-3-5-14/h1-5,10,12,15,18,24H,6-9,11,13H2,(H,25,28). The number of imidazole rings is 1. The average Bonchev–Trinajstić information content (AvgIpc) is 3.06. The van der Waals surface area contributed by atoms with E-state index in [1.54, 1.807) is 0 Å². The van der Waals surface area contributed by atoms with Crippen LogP contribution >= 0.6 is 12.2 Å². The van der Waals surface area contributed by atoms with Crippen LogP contribution in [0.1, 0.15) is 30.1 Å². The van der Waals surface area contributed by atoms with Crippen molar-refractivity contribution in [3.05, 3.63) is 76.0 Å². The van der Waals surface area contributed by atoms with Crippen molar-refractivity contribution in [2.75, 3.05) is 13.2 Å². The number of aromatic nitrogens is 2. The average molecular weight is 403 g/mol. The van der Waals surface area contributed by atoms with Crippen LogP contribution < -0.4 is 5.32 Å².